The first-order chi connectivity index (χ1) is 8.63. The number of nitrogens with zero attached hydrogens (tertiary/aromatic N) is 2. The highest BCUT2D eigenvalue weighted by molar-refractivity contribution is 5.69. The third-order valence-electron chi connectivity index (χ3n) is 3.91. The van der Waals surface area contributed by atoms with Crippen molar-refractivity contribution in [1.29, 1.82) is 0 Å². The molecule has 1 N–H and O–H groups in total. The van der Waals surface area contributed by atoms with Gasteiger partial charge < -0.3 is 9.67 Å². The van der Waals surface area contributed by atoms with Crippen molar-refractivity contribution < 1.29 is 9.90 Å². The molecule has 96 valence electrons. The molecule has 18 heavy (non-hydrogen) atoms. The number of rotatable bonds is 2. The molecule has 0 saturated carbocycles. The Labute approximate surface area is 105 Å². The summed E-state index contributed by atoms with van der Waals surface area (Å²) in [5.41, 5.74) is 1.13. The van der Waals surface area contributed by atoms with E-state index in [0.717, 1.165) is 31.7 Å². The number of hydrogen-bond donors (Lipinski definition) is 1. The van der Waals surface area contributed by atoms with E-state index in [4.69, 9.17) is 5.11 Å². The third-order valence-corrected chi connectivity index (χ3v) is 3.91. The lowest BCUT2D eigenvalue weighted by atomic mass is 9.83. The zero-order chi connectivity index (χ0) is 12.7. The summed E-state index contributed by atoms with van der Waals surface area (Å²) in [7, 11) is 0. The van der Waals surface area contributed by atoms with Gasteiger partial charge in [-0.1, -0.05) is 6.07 Å². The third kappa shape index (κ3) is 1.95. The lowest BCUT2D eigenvalue weighted by Crippen LogP contribution is -2.48. The van der Waals surface area contributed by atoms with Gasteiger partial charge in [-0.2, -0.15) is 0 Å². The lowest BCUT2D eigenvalue weighted by molar-refractivity contribution is -0.139. The van der Waals surface area contributed by atoms with Crippen LogP contribution in [0.4, 0.5) is 0 Å². The second-order valence-electron chi connectivity index (χ2n) is 5.29. The normalized spacial score (nSPS) is 26.7. The minimum absolute atomic E-state index is 0.0638. The average molecular weight is 248 g/mol. The largest absolute Gasteiger partial charge is 0.480 e. The van der Waals surface area contributed by atoms with E-state index in [1.165, 1.54) is 0 Å². The molecular weight excluding hydrogens is 232 g/mol. The zero-order valence-electron chi connectivity index (χ0n) is 10.1. The van der Waals surface area contributed by atoms with Crippen LogP contribution >= 0.6 is 0 Å². The van der Waals surface area contributed by atoms with E-state index in [1.54, 1.807) is 12.1 Å². The van der Waals surface area contributed by atoms with Gasteiger partial charge in [0.25, 0.3) is 5.56 Å². The highest BCUT2D eigenvalue weighted by atomic mass is 16.4. The van der Waals surface area contributed by atoms with Crippen LogP contribution in [0.15, 0.2) is 23.0 Å². The van der Waals surface area contributed by atoms with Crippen molar-refractivity contribution in [2.75, 3.05) is 19.6 Å². The van der Waals surface area contributed by atoms with E-state index < -0.39 is 5.97 Å². The Morgan fingerprint density at radius 2 is 2.17 bits per heavy atom. The molecule has 0 unspecified atom stereocenters. The number of likely N-dealkylation sites (tertiary alicyclic amines) is 1. The molecule has 3 rings (SSSR count). The van der Waals surface area contributed by atoms with Crippen molar-refractivity contribution in [3.8, 4) is 0 Å². The number of carboxylic acids is 1. The first-order valence-corrected chi connectivity index (χ1v) is 6.27. The van der Waals surface area contributed by atoms with Crippen LogP contribution in [0, 0.1) is 5.92 Å². The Morgan fingerprint density at radius 1 is 1.33 bits per heavy atom. The molecular formula is C13H16N2O3. The number of carbonyl (C=O) groups is 1. The smallest absolute Gasteiger partial charge is 0.317 e. The van der Waals surface area contributed by atoms with Crippen LogP contribution in [0.3, 0.4) is 0 Å². The topological polar surface area (TPSA) is 62.5 Å². The van der Waals surface area contributed by atoms with Gasteiger partial charge in [-0.25, -0.2) is 0 Å². The summed E-state index contributed by atoms with van der Waals surface area (Å²) < 4.78 is 1.86. The number of piperidine rings is 1. The van der Waals surface area contributed by atoms with E-state index in [1.807, 2.05) is 15.5 Å². The summed E-state index contributed by atoms with van der Waals surface area (Å²) in [6.45, 7) is 2.35. The van der Waals surface area contributed by atoms with Gasteiger partial charge in [0, 0.05) is 37.3 Å². The second-order valence-corrected chi connectivity index (χ2v) is 5.29. The molecule has 0 radical (unpaired) electrons. The number of pyridine rings is 1. The van der Waals surface area contributed by atoms with Crippen molar-refractivity contribution in [2.24, 2.45) is 5.92 Å². The molecule has 0 spiro atoms. The van der Waals surface area contributed by atoms with Crippen LogP contribution in [0.5, 0.6) is 0 Å². The average Bonchev–Trinajstić information content (AvgIpc) is 2.29. The monoisotopic (exact) mass is 248 g/mol. The molecule has 5 heteroatoms. The van der Waals surface area contributed by atoms with E-state index in [0.29, 0.717) is 11.8 Å². The number of aliphatic carboxylic acids is 1. The maximum atomic E-state index is 11.8. The number of hydrogen-bond acceptors (Lipinski definition) is 3. The van der Waals surface area contributed by atoms with Crippen LogP contribution in [-0.2, 0) is 11.3 Å². The molecule has 1 fully saturated rings. The maximum Gasteiger partial charge on any atom is 0.317 e. The van der Waals surface area contributed by atoms with Crippen LogP contribution in [-0.4, -0.2) is 40.2 Å². The predicted molar refractivity (Wildman–Crippen MR) is 65.6 cm³/mol. The molecule has 2 aliphatic heterocycles. The molecule has 1 saturated heterocycles. The van der Waals surface area contributed by atoms with Gasteiger partial charge in [0.2, 0.25) is 0 Å². The van der Waals surface area contributed by atoms with Gasteiger partial charge in [-0.3, -0.25) is 14.5 Å². The fraction of sp³-hybridized carbons (Fsp3) is 0.538. The summed E-state index contributed by atoms with van der Waals surface area (Å²) in [6.07, 6.45) is 1.07. The Balaban J connectivity index is 1.90. The van der Waals surface area contributed by atoms with Crippen molar-refractivity contribution in [3.63, 3.8) is 0 Å². The van der Waals surface area contributed by atoms with Gasteiger partial charge in [0.15, 0.2) is 0 Å². The van der Waals surface area contributed by atoms with Crippen LogP contribution in [0.25, 0.3) is 0 Å². The molecule has 2 aliphatic rings. The van der Waals surface area contributed by atoms with E-state index in [2.05, 4.69) is 0 Å². The van der Waals surface area contributed by atoms with Crippen LogP contribution < -0.4 is 5.56 Å². The molecule has 5 nitrogen and oxygen atoms in total. The van der Waals surface area contributed by atoms with Gasteiger partial charge in [-0.15, -0.1) is 0 Å². The van der Waals surface area contributed by atoms with E-state index in [9.17, 15) is 9.59 Å². The van der Waals surface area contributed by atoms with Gasteiger partial charge in [0.05, 0.1) is 6.54 Å². The van der Waals surface area contributed by atoms with E-state index in [-0.39, 0.29) is 12.1 Å². The second kappa shape index (κ2) is 4.24. The summed E-state index contributed by atoms with van der Waals surface area (Å²) in [4.78, 5) is 24.6. The Hall–Kier alpha value is -1.62. The summed E-state index contributed by atoms with van der Waals surface area (Å²) >= 11 is 0. The standard InChI is InChI=1S/C13H16N2O3/c16-12-3-1-2-11-10-4-9(6-15(11)12)5-14(7-10)8-13(17)18/h1-3,9-10H,4-8H2,(H,17,18)/t9-,10+/m0/s1. The summed E-state index contributed by atoms with van der Waals surface area (Å²) in [5, 5.41) is 8.87. The van der Waals surface area contributed by atoms with Crippen LogP contribution in [0.2, 0.25) is 0 Å². The molecule has 1 aromatic heterocycles. The Morgan fingerprint density at radius 3 is 2.94 bits per heavy atom. The fourth-order valence-corrected chi connectivity index (χ4v) is 3.32. The highest BCUT2D eigenvalue weighted by Gasteiger charge is 2.34. The molecule has 3 heterocycles. The lowest BCUT2D eigenvalue weighted by Gasteiger charge is -2.42. The predicted octanol–water partition coefficient (Wildman–Crippen LogP) is 0.352. The van der Waals surface area contributed by atoms with Gasteiger partial charge in [0.1, 0.15) is 0 Å². The Kier molecular flexibility index (Phi) is 2.70. The molecule has 2 bridgehead atoms. The first kappa shape index (κ1) is 11.5. The SMILES string of the molecule is O=C(O)CN1C[C@@H]2C[C@H](C1)c1cccc(=O)n1C2. The van der Waals surface area contributed by atoms with Crippen molar-refractivity contribution in [3.05, 3.63) is 34.2 Å². The number of aromatic nitrogens is 1. The minimum atomic E-state index is -0.777. The zero-order valence-corrected chi connectivity index (χ0v) is 10.1. The van der Waals surface area contributed by atoms with E-state index >= 15 is 0 Å². The first-order valence-electron chi connectivity index (χ1n) is 6.27. The molecule has 0 amide bonds. The highest BCUT2D eigenvalue weighted by Crippen LogP contribution is 2.34. The molecule has 0 aliphatic carbocycles. The van der Waals surface area contributed by atoms with Gasteiger partial charge in [-0.05, 0) is 18.4 Å². The maximum absolute atomic E-state index is 11.8. The van der Waals surface area contributed by atoms with Crippen molar-refractivity contribution in [1.82, 2.24) is 9.47 Å². The van der Waals surface area contributed by atoms with Crippen molar-refractivity contribution in [2.45, 2.75) is 18.9 Å². The molecule has 0 aromatic carbocycles. The quantitative estimate of drug-likeness (QED) is 0.820. The molecule has 1 aromatic rings. The Bertz CT molecular complexity index is 537. The summed E-state index contributed by atoms with van der Waals surface area (Å²) in [6, 6.07) is 5.39. The van der Waals surface area contributed by atoms with Crippen LogP contribution in [0.1, 0.15) is 18.0 Å². The minimum Gasteiger partial charge on any atom is -0.480 e. The number of carboxylic acid groups (broad SMARTS) is 1. The fourth-order valence-electron chi connectivity index (χ4n) is 3.32. The van der Waals surface area contributed by atoms with Gasteiger partial charge >= 0.3 is 5.97 Å². The van der Waals surface area contributed by atoms with Crippen molar-refractivity contribution >= 4 is 5.97 Å². The summed E-state index contributed by atoms with van der Waals surface area (Å²) in [5.74, 6) is -0.0816. The molecule has 2 atom stereocenters. The number of fused-ring (bicyclic) bond motifs is 4.